The zero-order valence-electron chi connectivity index (χ0n) is 23.0. The molecule has 2 aromatic carbocycles. The van der Waals surface area contributed by atoms with E-state index in [1.54, 1.807) is 18.0 Å². The van der Waals surface area contributed by atoms with Crippen LogP contribution in [-0.2, 0) is 26.5 Å². The number of fused-ring (bicyclic) bond motifs is 2. The van der Waals surface area contributed by atoms with Crippen molar-refractivity contribution in [2.75, 3.05) is 23.0 Å². The molecular formula is C30H38BrFN2O4Si. The van der Waals surface area contributed by atoms with Crippen LogP contribution in [0.5, 0.6) is 0 Å². The molecule has 2 aromatic rings. The number of aliphatic hydroxyl groups is 1. The fraction of sp³-hybridized carbons (Fsp3) is 0.533. The van der Waals surface area contributed by atoms with Crippen molar-refractivity contribution < 1.29 is 23.5 Å². The van der Waals surface area contributed by atoms with Crippen LogP contribution in [0.25, 0.3) is 0 Å². The number of carbonyl (C=O) groups excluding carboxylic acids is 2. The maximum atomic E-state index is 15.7. The fourth-order valence-electron chi connectivity index (χ4n) is 7.01. The molecule has 0 bridgehead atoms. The maximum absolute atomic E-state index is 15.7. The van der Waals surface area contributed by atoms with E-state index < -0.39 is 31.6 Å². The van der Waals surface area contributed by atoms with E-state index in [2.05, 4.69) is 15.9 Å². The van der Waals surface area contributed by atoms with E-state index in [0.29, 0.717) is 25.9 Å². The van der Waals surface area contributed by atoms with Crippen LogP contribution in [0.2, 0.25) is 18.6 Å². The number of carbonyl (C=O) groups is 2. The fourth-order valence-corrected chi connectivity index (χ4v) is 9.91. The van der Waals surface area contributed by atoms with E-state index in [1.807, 2.05) is 54.3 Å². The minimum atomic E-state index is -3.24. The molecule has 0 aliphatic carbocycles. The Morgan fingerprint density at radius 2 is 1.90 bits per heavy atom. The minimum absolute atomic E-state index is 0.125. The lowest BCUT2D eigenvalue weighted by Crippen LogP contribution is -2.45. The first-order chi connectivity index (χ1) is 18.6. The van der Waals surface area contributed by atoms with E-state index in [9.17, 15) is 14.7 Å². The highest BCUT2D eigenvalue weighted by Gasteiger charge is 2.66. The maximum Gasteiger partial charge on any atom is 0.264 e. The number of aliphatic hydroxyl groups excluding tert-OH is 1. The van der Waals surface area contributed by atoms with Crippen molar-refractivity contribution in [3.63, 3.8) is 0 Å². The molecule has 2 amide bonds. The molecule has 5 rings (SSSR count). The van der Waals surface area contributed by atoms with Crippen molar-refractivity contribution in [3.8, 4) is 0 Å². The number of hydrogen-bond acceptors (Lipinski definition) is 4. The Balaban J connectivity index is 1.51. The summed E-state index contributed by atoms with van der Waals surface area (Å²) in [4.78, 5) is 30.9. The lowest BCUT2D eigenvalue weighted by molar-refractivity contribution is -0.146. The third-order valence-corrected chi connectivity index (χ3v) is 11.7. The van der Waals surface area contributed by atoms with Crippen LogP contribution in [-0.4, -0.2) is 44.6 Å². The molecule has 0 aromatic heterocycles. The summed E-state index contributed by atoms with van der Waals surface area (Å²) in [5.41, 5.74) is 1.53. The topological polar surface area (TPSA) is 70.1 Å². The van der Waals surface area contributed by atoms with Crippen LogP contribution in [0.15, 0.2) is 46.9 Å². The van der Waals surface area contributed by atoms with Crippen molar-refractivity contribution in [1.82, 2.24) is 0 Å². The highest BCUT2D eigenvalue weighted by molar-refractivity contribution is 9.10. The number of halogens is 2. The van der Waals surface area contributed by atoms with Crippen LogP contribution < -0.4 is 9.80 Å². The number of amides is 2. The number of hydrogen-bond donors (Lipinski definition) is 1. The molecular weight excluding hydrogens is 579 g/mol. The molecule has 210 valence electrons. The molecule has 0 radical (unpaired) electrons. The van der Waals surface area contributed by atoms with Gasteiger partial charge in [-0.3, -0.25) is 9.59 Å². The Morgan fingerprint density at radius 1 is 1.13 bits per heavy atom. The van der Waals surface area contributed by atoms with Gasteiger partial charge in [0, 0.05) is 46.8 Å². The summed E-state index contributed by atoms with van der Waals surface area (Å²) in [7, 11) is -3.24. The quantitative estimate of drug-likeness (QED) is 0.299. The Bertz CT molecular complexity index is 1250. The summed E-state index contributed by atoms with van der Waals surface area (Å²) in [6, 6.07) is 13.6. The van der Waals surface area contributed by atoms with Crippen LogP contribution in [0, 0.1) is 5.92 Å². The third-order valence-electron chi connectivity index (χ3n) is 8.72. The zero-order valence-corrected chi connectivity index (χ0v) is 25.5. The van der Waals surface area contributed by atoms with E-state index in [1.165, 1.54) is 0 Å². The van der Waals surface area contributed by atoms with Gasteiger partial charge in [0.05, 0.1) is 18.3 Å². The summed E-state index contributed by atoms with van der Waals surface area (Å²) in [5, 5.41) is 9.75. The molecule has 2 fully saturated rings. The van der Waals surface area contributed by atoms with Crippen molar-refractivity contribution in [3.05, 3.63) is 58.1 Å². The summed E-state index contributed by atoms with van der Waals surface area (Å²) in [5.74, 6) is -0.443. The first kappa shape index (κ1) is 28.5. The number of benzene rings is 2. The van der Waals surface area contributed by atoms with Gasteiger partial charge in [-0.1, -0.05) is 47.8 Å². The van der Waals surface area contributed by atoms with Gasteiger partial charge in [0.25, 0.3) is 5.91 Å². The van der Waals surface area contributed by atoms with Gasteiger partial charge in [-0.05, 0) is 68.3 Å². The average molecular weight is 618 g/mol. The van der Waals surface area contributed by atoms with Gasteiger partial charge in [0.2, 0.25) is 14.3 Å². The lowest BCUT2D eigenvalue weighted by atomic mass is 9.82. The monoisotopic (exact) mass is 616 g/mol. The molecule has 0 unspecified atom stereocenters. The molecule has 4 atom stereocenters. The highest BCUT2D eigenvalue weighted by Crippen LogP contribution is 2.60. The summed E-state index contributed by atoms with van der Waals surface area (Å²) >= 11 is 3.57. The second-order valence-corrected chi connectivity index (χ2v) is 16.4. The lowest BCUT2D eigenvalue weighted by Gasteiger charge is -2.31. The van der Waals surface area contributed by atoms with Gasteiger partial charge in [0.1, 0.15) is 0 Å². The van der Waals surface area contributed by atoms with Gasteiger partial charge >= 0.3 is 0 Å². The van der Waals surface area contributed by atoms with E-state index in [-0.39, 0.29) is 18.4 Å². The van der Waals surface area contributed by atoms with Crippen molar-refractivity contribution in [2.24, 2.45) is 5.92 Å². The Kier molecular flexibility index (Phi) is 8.08. The smallest absolute Gasteiger partial charge is 0.264 e. The van der Waals surface area contributed by atoms with Crippen LogP contribution in [0.3, 0.4) is 0 Å². The van der Waals surface area contributed by atoms with E-state index >= 15 is 4.11 Å². The molecule has 1 N–H and O–H groups in total. The van der Waals surface area contributed by atoms with Gasteiger partial charge in [-0.15, -0.1) is 0 Å². The van der Waals surface area contributed by atoms with Gasteiger partial charge in [-0.2, -0.15) is 0 Å². The van der Waals surface area contributed by atoms with Crippen molar-refractivity contribution in [1.29, 1.82) is 0 Å². The van der Waals surface area contributed by atoms with Gasteiger partial charge in [-0.25, -0.2) is 0 Å². The Morgan fingerprint density at radius 3 is 2.64 bits per heavy atom. The van der Waals surface area contributed by atoms with Gasteiger partial charge in [0.15, 0.2) is 5.60 Å². The van der Waals surface area contributed by atoms with Crippen LogP contribution in [0.1, 0.15) is 56.6 Å². The largest absolute Gasteiger partial charge is 0.396 e. The minimum Gasteiger partial charge on any atom is -0.396 e. The van der Waals surface area contributed by atoms with Gasteiger partial charge < -0.3 is 23.8 Å². The summed E-state index contributed by atoms with van der Waals surface area (Å²) in [6.45, 7) is 6.14. The molecule has 39 heavy (non-hydrogen) atoms. The number of anilines is 2. The molecule has 9 heteroatoms. The predicted octanol–water partition coefficient (Wildman–Crippen LogP) is 6.45. The van der Waals surface area contributed by atoms with Crippen LogP contribution in [0.4, 0.5) is 15.5 Å². The third kappa shape index (κ3) is 5.11. The summed E-state index contributed by atoms with van der Waals surface area (Å²) in [6.07, 6.45) is 4.42. The van der Waals surface area contributed by atoms with Crippen molar-refractivity contribution in [2.45, 2.75) is 82.3 Å². The molecule has 2 saturated heterocycles. The summed E-state index contributed by atoms with van der Waals surface area (Å²) < 4.78 is 23.1. The number of rotatable bonds is 6. The van der Waals surface area contributed by atoms with E-state index in [4.69, 9.17) is 4.74 Å². The standard InChI is InChI=1S/C30H38BrFN2O4Si/c1-20-28(39(2,3)32)26(14-16-35)38-30(20)24-18-22(31)12-13-25(24)34(29(30)37)19-21-9-8-10-23(17-21)33-15-7-5-4-6-11-27(33)36/h8-10,12-13,17-18,20,26,28,35H,4-7,11,14-16,19H2,1-3H3/t20-,26+,28-,30+/m1/s1. The molecule has 6 nitrogen and oxygen atoms in total. The molecule has 3 aliphatic heterocycles. The molecule has 0 saturated carbocycles. The van der Waals surface area contributed by atoms with E-state index in [0.717, 1.165) is 52.7 Å². The number of ether oxygens (including phenoxy) is 1. The SMILES string of the molecule is C[C@@H]1[C@@H]([Si](C)(C)F)[C@H](CCO)O[C@@]12C(=O)N(Cc1cccc(N3CCCCCCC3=O)c1)c1ccc(Br)cc12. The highest BCUT2D eigenvalue weighted by atomic mass is 79.9. The molecule has 3 aliphatic rings. The second kappa shape index (κ2) is 11.1. The Hall–Kier alpha value is -2.07. The second-order valence-electron chi connectivity index (χ2n) is 11.7. The molecule has 3 heterocycles. The normalized spacial score (nSPS) is 27.7. The average Bonchev–Trinajstić information content (AvgIpc) is 3.29. The number of nitrogens with zero attached hydrogens (tertiary/aromatic N) is 2. The van der Waals surface area contributed by atoms with Crippen molar-refractivity contribution >= 4 is 47.5 Å². The zero-order chi connectivity index (χ0) is 27.9. The van der Waals surface area contributed by atoms with Crippen LogP contribution >= 0.6 is 15.9 Å². The predicted molar refractivity (Wildman–Crippen MR) is 157 cm³/mol. The Labute approximate surface area is 239 Å². The first-order valence-corrected chi connectivity index (χ1v) is 17.8. The first-order valence-electron chi connectivity index (χ1n) is 14.1. The molecule has 1 spiro atoms.